The third-order valence-electron chi connectivity index (χ3n) is 4.10. The first kappa shape index (κ1) is 10.8. The quantitative estimate of drug-likeness (QED) is 0.778. The SMILES string of the molecule is Cc1cc2c([nH]1)C1CCC(C(=O)O)CN1CC2. The number of nitrogens with one attached hydrogen (secondary N) is 1. The summed E-state index contributed by atoms with van der Waals surface area (Å²) in [5.41, 5.74) is 3.98. The maximum atomic E-state index is 11.0. The Morgan fingerprint density at radius 3 is 3.12 bits per heavy atom. The van der Waals surface area contributed by atoms with E-state index < -0.39 is 5.97 Å². The molecule has 3 rings (SSSR count). The lowest BCUT2D eigenvalue weighted by atomic mass is 9.87. The van der Waals surface area contributed by atoms with Crippen LogP contribution in [-0.2, 0) is 11.2 Å². The molecule has 3 heterocycles. The lowest BCUT2D eigenvalue weighted by molar-refractivity contribution is -0.144. The van der Waals surface area contributed by atoms with E-state index in [0.717, 1.165) is 25.8 Å². The van der Waals surface area contributed by atoms with Gasteiger partial charge in [-0.05, 0) is 37.8 Å². The number of nitrogens with zero attached hydrogens (tertiary/aromatic N) is 1. The Bertz CT molecular complexity index is 452. The number of rotatable bonds is 1. The van der Waals surface area contributed by atoms with Gasteiger partial charge in [-0.1, -0.05) is 0 Å². The van der Waals surface area contributed by atoms with E-state index in [-0.39, 0.29) is 5.92 Å². The number of carbonyl (C=O) groups is 1. The number of fused-ring (bicyclic) bond motifs is 3. The Labute approximate surface area is 101 Å². The van der Waals surface area contributed by atoms with Gasteiger partial charge in [-0.3, -0.25) is 9.69 Å². The second-order valence-electron chi connectivity index (χ2n) is 5.26. The van der Waals surface area contributed by atoms with Gasteiger partial charge in [0.05, 0.1) is 12.0 Å². The first-order valence-electron chi connectivity index (χ1n) is 6.30. The summed E-state index contributed by atoms with van der Waals surface area (Å²) < 4.78 is 0. The van der Waals surface area contributed by atoms with Crippen molar-refractivity contribution in [2.45, 2.75) is 32.2 Å². The smallest absolute Gasteiger partial charge is 0.307 e. The summed E-state index contributed by atoms with van der Waals surface area (Å²) in [6, 6.07) is 2.65. The van der Waals surface area contributed by atoms with Crippen LogP contribution in [0.4, 0.5) is 0 Å². The van der Waals surface area contributed by atoms with Gasteiger partial charge in [-0.15, -0.1) is 0 Å². The highest BCUT2D eigenvalue weighted by Gasteiger charge is 2.36. The number of H-pyrrole nitrogens is 1. The highest BCUT2D eigenvalue weighted by Crippen LogP contribution is 2.38. The van der Waals surface area contributed by atoms with Gasteiger partial charge >= 0.3 is 5.97 Å². The summed E-state index contributed by atoms with van der Waals surface area (Å²) in [6.07, 6.45) is 2.81. The van der Waals surface area contributed by atoms with Gasteiger partial charge < -0.3 is 10.1 Å². The Balaban J connectivity index is 1.85. The number of hydrogen-bond donors (Lipinski definition) is 2. The predicted molar refractivity (Wildman–Crippen MR) is 63.9 cm³/mol. The van der Waals surface area contributed by atoms with Gasteiger partial charge in [0.15, 0.2) is 0 Å². The van der Waals surface area contributed by atoms with Crippen LogP contribution in [0.25, 0.3) is 0 Å². The topological polar surface area (TPSA) is 56.3 Å². The minimum absolute atomic E-state index is 0.177. The van der Waals surface area contributed by atoms with E-state index in [4.69, 9.17) is 5.11 Å². The van der Waals surface area contributed by atoms with Crippen LogP contribution in [-0.4, -0.2) is 34.0 Å². The Hall–Kier alpha value is -1.29. The fraction of sp³-hybridized carbons (Fsp3) is 0.615. The number of aryl methyl sites for hydroxylation is 1. The standard InChI is InChI=1S/C13H18N2O2/c1-8-6-9-4-5-15-7-10(13(16)17)2-3-11(15)12(9)14-8/h6,10-11,14H,2-5,7H2,1H3,(H,16,17). The van der Waals surface area contributed by atoms with Gasteiger partial charge in [0.25, 0.3) is 0 Å². The average molecular weight is 234 g/mol. The van der Waals surface area contributed by atoms with Crippen molar-refractivity contribution in [2.75, 3.05) is 13.1 Å². The minimum Gasteiger partial charge on any atom is -0.481 e. The predicted octanol–water partition coefficient (Wildman–Crippen LogP) is 1.72. The zero-order valence-corrected chi connectivity index (χ0v) is 10.1. The second kappa shape index (κ2) is 3.88. The molecule has 0 bridgehead atoms. The third kappa shape index (κ3) is 1.76. The summed E-state index contributed by atoms with van der Waals surface area (Å²) in [5, 5.41) is 9.09. The van der Waals surface area contributed by atoms with E-state index in [0.29, 0.717) is 12.6 Å². The number of aromatic amines is 1. The molecule has 2 N–H and O–H groups in total. The van der Waals surface area contributed by atoms with E-state index >= 15 is 0 Å². The van der Waals surface area contributed by atoms with Crippen molar-refractivity contribution in [3.05, 3.63) is 23.0 Å². The number of carboxylic acid groups (broad SMARTS) is 1. The van der Waals surface area contributed by atoms with Crippen LogP contribution >= 0.6 is 0 Å². The average Bonchev–Trinajstić information content (AvgIpc) is 2.69. The molecule has 2 aliphatic rings. The molecule has 0 saturated carbocycles. The van der Waals surface area contributed by atoms with Gasteiger partial charge in [0, 0.05) is 24.5 Å². The molecule has 1 saturated heterocycles. The largest absolute Gasteiger partial charge is 0.481 e. The maximum Gasteiger partial charge on any atom is 0.307 e. The fourth-order valence-corrected chi connectivity index (χ4v) is 3.25. The molecule has 0 aliphatic carbocycles. The van der Waals surface area contributed by atoms with Gasteiger partial charge in [-0.2, -0.15) is 0 Å². The normalized spacial score (nSPS) is 28.5. The second-order valence-corrected chi connectivity index (χ2v) is 5.26. The van der Waals surface area contributed by atoms with Crippen molar-refractivity contribution in [1.29, 1.82) is 0 Å². The van der Waals surface area contributed by atoms with Crippen molar-refractivity contribution in [3.63, 3.8) is 0 Å². The number of aliphatic carboxylic acids is 1. The minimum atomic E-state index is -0.642. The molecule has 92 valence electrons. The first-order valence-corrected chi connectivity index (χ1v) is 6.30. The van der Waals surface area contributed by atoms with Crippen LogP contribution in [0, 0.1) is 12.8 Å². The molecule has 1 fully saturated rings. The molecule has 1 aromatic rings. The molecule has 2 aliphatic heterocycles. The summed E-state index contributed by atoms with van der Waals surface area (Å²) in [5.74, 6) is -0.819. The Morgan fingerprint density at radius 1 is 1.53 bits per heavy atom. The summed E-state index contributed by atoms with van der Waals surface area (Å²) in [4.78, 5) is 16.8. The van der Waals surface area contributed by atoms with E-state index in [9.17, 15) is 4.79 Å². The zero-order valence-electron chi connectivity index (χ0n) is 10.1. The molecule has 4 nitrogen and oxygen atoms in total. The van der Waals surface area contributed by atoms with Crippen molar-refractivity contribution in [1.82, 2.24) is 9.88 Å². The van der Waals surface area contributed by atoms with E-state index in [1.807, 2.05) is 0 Å². The molecular weight excluding hydrogens is 216 g/mol. The molecule has 1 aromatic heterocycles. The summed E-state index contributed by atoms with van der Waals surface area (Å²) in [7, 11) is 0. The van der Waals surface area contributed by atoms with E-state index in [1.54, 1.807) is 0 Å². The van der Waals surface area contributed by atoms with Crippen molar-refractivity contribution >= 4 is 5.97 Å². The van der Waals surface area contributed by atoms with Crippen LogP contribution < -0.4 is 0 Å². The van der Waals surface area contributed by atoms with E-state index in [2.05, 4.69) is 22.9 Å². The van der Waals surface area contributed by atoms with Gasteiger partial charge in [-0.25, -0.2) is 0 Å². The lowest BCUT2D eigenvalue weighted by Crippen LogP contribution is -2.44. The molecule has 0 amide bonds. The number of aromatic nitrogens is 1. The van der Waals surface area contributed by atoms with Crippen molar-refractivity contribution in [2.24, 2.45) is 5.92 Å². The van der Waals surface area contributed by atoms with Gasteiger partial charge in [0.2, 0.25) is 0 Å². The molecule has 0 spiro atoms. The lowest BCUT2D eigenvalue weighted by Gasteiger charge is -2.41. The molecule has 17 heavy (non-hydrogen) atoms. The molecule has 2 atom stereocenters. The number of hydrogen-bond acceptors (Lipinski definition) is 2. The van der Waals surface area contributed by atoms with Gasteiger partial charge in [0.1, 0.15) is 0 Å². The van der Waals surface area contributed by atoms with Crippen molar-refractivity contribution < 1.29 is 9.90 Å². The summed E-state index contributed by atoms with van der Waals surface area (Å²) >= 11 is 0. The molecular formula is C13H18N2O2. The highest BCUT2D eigenvalue weighted by atomic mass is 16.4. The molecule has 0 radical (unpaired) electrons. The fourth-order valence-electron chi connectivity index (χ4n) is 3.25. The zero-order chi connectivity index (χ0) is 12.0. The molecule has 4 heteroatoms. The van der Waals surface area contributed by atoms with Crippen molar-refractivity contribution in [3.8, 4) is 0 Å². The Kier molecular flexibility index (Phi) is 2.47. The number of piperidine rings is 1. The first-order chi connectivity index (χ1) is 8.15. The molecule has 2 unspecified atom stereocenters. The van der Waals surface area contributed by atoms with Crippen LogP contribution in [0.3, 0.4) is 0 Å². The number of carboxylic acids is 1. The summed E-state index contributed by atoms with van der Waals surface area (Å²) in [6.45, 7) is 3.79. The van der Waals surface area contributed by atoms with Crippen LogP contribution in [0.2, 0.25) is 0 Å². The van der Waals surface area contributed by atoms with E-state index in [1.165, 1.54) is 17.0 Å². The highest BCUT2D eigenvalue weighted by molar-refractivity contribution is 5.70. The van der Waals surface area contributed by atoms with Crippen LogP contribution in [0.5, 0.6) is 0 Å². The van der Waals surface area contributed by atoms with Crippen LogP contribution in [0.1, 0.15) is 35.8 Å². The Morgan fingerprint density at radius 2 is 2.35 bits per heavy atom. The van der Waals surface area contributed by atoms with Crippen LogP contribution in [0.15, 0.2) is 6.07 Å². The maximum absolute atomic E-state index is 11.0. The molecule has 0 aromatic carbocycles. The third-order valence-corrected chi connectivity index (χ3v) is 4.10. The monoisotopic (exact) mass is 234 g/mol.